The number of hydrogen-bond donors (Lipinski definition) is 0. The van der Waals surface area contributed by atoms with Gasteiger partial charge < -0.3 is 4.90 Å². The zero-order valence-corrected chi connectivity index (χ0v) is 14.7. The van der Waals surface area contributed by atoms with E-state index in [4.69, 9.17) is 0 Å². The predicted octanol–water partition coefficient (Wildman–Crippen LogP) is 1.71. The smallest absolute Gasteiger partial charge is 0.244 e. The molecule has 0 aliphatic carbocycles. The van der Waals surface area contributed by atoms with Crippen LogP contribution >= 0.6 is 0 Å². The molecule has 132 valence electrons. The van der Waals surface area contributed by atoms with Gasteiger partial charge >= 0.3 is 0 Å². The average molecular weight is 339 g/mol. The Morgan fingerprint density at radius 3 is 2.72 bits per heavy atom. The lowest BCUT2D eigenvalue weighted by atomic mass is 9.95. The van der Waals surface area contributed by atoms with Crippen LogP contribution in [0.1, 0.15) is 24.1 Å². The molecule has 3 aliphatic heterocycles. The fraction of sp³-hybridized carbons (Fsp3) is 0.526. The quantitative estimate of drug-likeness (QED) is 0.851. The number of rotatable bonds is 4. The molecular weight excluding hydrogens is 314 g/mol. The lowest BCUT2D eigenvalue weighted by Gasteiger charge is -2.36. The van der Waals surface area contributed by atoms with E-state index in [1.165, 1.54) is 12.0 Å². The van der Waals surface area contributed by atoms with Gasteiger partial charge in [-0.1, -0.05) is 0 Å². The molecule has 0 N–H and O–H groups in total. The van der Waals surface area contributed by atoms with Crippen LogP contribution in [-0.4, -0.2) is 56.1 Å². The van der Waals surface area contributed by atoms with Gasteiger partial charge in [-0.15, -0.1) is 0 Å². The van der Waals surface area contributed by atoms with Crippen molar-refractivity contribution < 1.29 is 4.79 Å². The second-order valence-electron chi connectivity index (χ2n) is 7.32. The zero-order valence-electron chi connectivity index (χ0n) is 14.7. The van der Waals surface area contributed by atoms with Gasteiger partial charge in [-0.25, -0.2) is 0 Å². The summed E-state index contributed by atoms with van der Waals surface area (Å²) in [5.74, 6) is 0.774. The molecule has 1 amide bonds. The van der Waals surface area contributed by atoms with Crippen molar-refractivity contribution in [2.45, 2.75) is 38.9 Å². The highest BCUT2D eigenvalue weighted by Crippen LogP contribution is 2.29. The van der Waals surface area contributed by atoms with E-state index in [0.29, 0.717) is 18.5 Å². The van der Waals surface area contributed by atoms with Crippen molar-refractivity contribution in [3.63, 3.8) is 0 Å². The third kappa shape index (κ3) is 3.58. The SMILES string of the molecule is Cc1ccnn1CC(=O)N1C[C@H]2CC[C@@H]1CN(Cc1ccncc1)C2. The van der Waals surface area contributed by atoms with E-state index in [1.807, 2.05) is 25.4 Å². The Hall–Kier alpha value is -2.21. The van der Waals surface area contributed by atoms with E-state index in [0.717, 1.165) is 38.3 Å². The molecule has 2 bridgehead atoms. The van der Waals surface area contributed by atoms with Gasteiger partial charge in [-0.05, 0) is 49.4 Å². The van der Waals surface area contributed by atoms with Gasteiger partial charge in [-0.2, -0.15) is 5.10 Å². The Bertz CT molecular complexity index is 728. The van der Waals surface area contributed by atoms with E-state index in [9.17, 15) is 4.79 Å². The molecule has 0 radical (unpaired) electrons. The standard InChI is InChI=1S/C19H25N5O/c1-15-4-9-21-24(15)14-19(25)23-12-17-2-3-18(23)13-22(11-17)10-16-5-7-20-8-6-16/h4-9,17-18H,2-3,10-14H2,1H3/t17-,18+/m0/s1. The average Bonchev–Trinajstić information content (AvgIpc) is 2.82. The molecule has 3 fully saturated rings. The Morgan fingerprint density at radius 2 is 1.96 bits per heavy atom. The Balaban J connectivity index is 1.44. The van der Waals surface area contributed by atoms with Crippen molar-refractivity contribution >= 4 is 5.91 Å². The number of carbonyl (C=O) groups is 1. The summed E-state index contributed by atoms with van der Waals surface area (Å²) in [4.78, 5) is 21.6. The van der Waals surface area contributed by atoms with E-state index < -0.39 is 0 Å². The van der Waals surface area contributed by atoms with Gasteiger partial charge in [0, 0.05) is 56.5 Å². The van der Waals surface area contributed by atoms with Crippen molar-refractivity contribution in [1.29, 1.82) is 0 Å². The lowest BCUT2D eigenvalue weighted by molar-refractivity contribution is -0.136. The molecule has 25 heavy (non-hydrogen) atoms. The van der Waals surface area contributed by atoms with Crippen LogP contribution in [0, 0.1) is 12.8 Å². The summed E-state index contributed by atoms with van der Waals surface area (Å²) in [6.07, 6.45) is 7.80. The van der Waals surface area contributed by atoms with Crippen LogP contribution in [0.15, 0.2) is 36.8 Å². The highest BCUT2D eigenvalue weighted by Gasteiger charge is 2.37. The Kier molecular flexibility index (Phi) is 4.53. The molecule has 5 heterocycles. The van der Waals surface area contributed by atoms with Crippen LogP contribution in [0.4, 0.5) is 0 Å². The first-order valence-electron chi connectivity index (χ1n) is 9.08. The number of nitrogens with zero attached hydrogens (tertiary/aromatic N) is 5. The first-order valence-corrected chi connectivity index (χ1v) is 9.08. The summed E-state index contributed by atoms with van der Waals surface area (Å²) in [6.45, 7) is 6.20. The van der Waals surface area contributed by atoms with Crippen LogP contribution in [0.3, 0.4) is 0 Å². The van der Waals surface area contributed by atoms with Crippen LogP contribution in [0.2, 0.25) is 0 Å². The molecule has 2 aromatic rings. The number of pyridine rings is 1. The fourth-order valence-corrected chi connectivity index (χ4v) is 4.14. The molecule has 3 saturated heterocycles. The second kappa shape index (κ2) is 6.96. The summed E-state index contributed by atoms with van der Waals surface area (Å²) in [7, 11) is 0. The van der Waals surface area contributed by atoms with Crippen molar-refractivity contribution in [1.82, 2.24) is 24.6 Å². The third-order valence-electron chi connectivity index (χ3n) is 5.48. The highest BCUT2D eigenvalue weighted by atomic mass is 16.2. The minimum Gasteiger partial charge on any atom is -0.336 e. The second-order valence-corrected chi connectivity index (χ2v) is 7.32. The molecule has 6 nitrogen and oxygen atoms in total. The highest BCUT2D eigenvalue weighted by molar-refractivity contribution is 5.76. The van der Waals surface area contributed by atoms with Gasteiger partial charge in [-0.3, -0.25) is 19.4 Å². The first kappa shape index (κ1) is 16.3. The number of aryl methyl sites for hydroxylation is 1. The topological polar surface area (TPSA) is 54.3 Å². The molecule has 0 aromatic carbocycles. The number of hydrogen-bond acceptors (Lipinski definition) is 4. The molecule has 0 saturated carbocycles. The number of piperidine rings is 1. The zero-order chi connectivity index (χ0) is 17.2. The minimum absolute atomic E-state index is 0.201. The van der Waals surface area contributed by atoms with Gasteiger partial charge in [0.25, 0.3) is 0 Å². The molecular formula is C19H25N5O. The summed E-state index contributed by atoms with van der Waals surface area (Å²) >= 11 is 0. The predicted molar refractivity (Wildman–Crippen MR) is 94.7 cm³/mol. The maximum atomic E-state index is 12.9. The van der Waals surface area contributed by atoms with Gasteiger partial charge in [0.15, 0.2) is 0 Å². The van der Waals surface area contributed by atoms with Crippen molar-refractivity contribution in [3.05, 3.63) is 48.0 Å². The van der Waals surface area contributed by atoms with Crippen LogP contribution < -0.4 is 0 Å². The van der Waals surface area contributed by atoms with Crippen molar-refractivity contribution in [3.8, 4) is 0 Å². The molecule has 6 heteroatoms. The van der Waals surface area contributed by atoms with Crippen LogP contribution in [0.5, 0.6) is 0 Å². The monoisotopic (exact) mass is 339 g/mol. The van der Waals surface area contributed by atoms with Crippen LogP contribution in [0.25, 0.3) is 0 Å². The summed E-state index contributed by atoms with van der Waals surface area (Å²) in [6, 6.07) is 6.43. The normalized spacial score (nSPS) is 23.6. The van der Waals surface area contributed by atoms with E-state index in [2.05, 4.69) is 32.0 Å². The fourth-order valence-electron chi connectivity index (χ4n) is 4.14. The minimum atomic E-state index is 0.201. The molecule has 2 aromatic heterocycles. The van der Waals surface area contributed by atoms with E-state index >= 15 is 0 Å². The maximum Gasteiger partial charge on any atom is 0.244 e. The Labute approximate surface area is 148 Å². The number of fused-ring (bicyclic) bond motifs is 4. The number of aromatic nitrogens is 3. The summed E-state index contributed by atoms with van der Waals surface area (Å²) < 4.78 is 1.80. The molecule has 5 rings (SSSR count). The van der Waals surface area contributed by atoms with Gasteiger partial charge in [0.05, 0.1) is 0 Å². The van der Waals surface area contributed by atoms with E-state index in [1.54, 1.807) is 10.9 Å². The third-order valence-corrected chi connectivity index (χ3v) is 5.48. The first-order chi connectivity index (χ1) is 12.2. The Morgan fingerprint density at radius 1 is 1.12 bits per heavy atom. The van der Waals surface area contributed by atoms with Crippen LogP contribution in [-0.2, 0) is 17.9 Å². The van der Waals surface area contributed by atoms with E-state index in [-0.39, 0.29) is 5.91 Å². The molecule has 2 atom stereocenters. The van der Waals surface area contributed by atoms with Crippen molar-refractivity contribution in [2.24, 2.45) is 5.92 Å². The summed E-state index contributed by atoms with van der Waals surface area (Å²) in [5.41, 5.74) is 2.33. The van der Waals surface area contributed by atoms with Crippen molar-refractivity contribution in [2.75, 3.05) is 19.6 Å². The van der Waals surface area contributed by atoms with Gasteiger partial charge in [0.2, 0.25) is 5.91 Å². The lowest BCUT2D eigenvalue weighted by Crippen LogP contribution is -2.48. The number of carbonyl (C=O) groups excluding carboxylic acids is 1. The largest absolute Gasteiger partial charge is 0.336 e. The number of amides is 1. The van der Waals surface area contributed by atoms with Gasteiger partial charge in [0.1, 0.15) is 6.54 Å². The molecule has 3 aliphatic rings. The molecule has 0 unspecified atom stereocenters. The summed E-state index contributed by atoms with van der Waals surface area (Å²) in [5, 5.41) is 4.26. The molecule has 0 spiro atoms. The maximum absolute atomic E-state index is 12.9.